The number of carbonyl (C=O) groups is 4. The first-order chi connectivity index (χ1) is 7.86. The number of urea groups is 1. The van der Waals surface area contributed by atoms with E-state index >= 15 is 0 Å². The van der Waals surface area contributed by atoms with E-state index in [1.165, 1.54) is 6.92 Å². The van der Waals surface area contributed by atoms with E-state index in [1.54, 1.807) is 0 Å². The molecule has 0 spiro atoms. The minimum absolute atomic E-state index is 0.191. The Morgan fingerprint density at radius 2 is 2.06 bits per heavy atom. The molecule has 17 heavy (non-hydrogen) atoms. The number of hydrogen-bond acceptors (Lipinski definition) is 4. The smallest absolute Gasteiger partial charge is 0.331 e. The quantitative estimate of drug-likeness (QED) is 0.659. The summed E-state index contributed by atoms with van der Waals surface area (Å²) in [5.74, 6) is -2.80. The number of carboxylic acid groups (broad SMARTS) is 1. The van der Waals surface area contributed by atoms with Crippen LogP contribution in [0.5, 0.6) is 0 Å². The van der Waals surface area contributed by atoms with Crippen molar-refractivity contribution in [2.45, 2.75) is 32.2 Å². The predicted octanol–water partition coefficient (Wildman–Crippen LogP) is -0.292. The molecule has 1 aliphatic carbocycles. The second kappa shape index (κ2) is 3.54. The Labute approximate surface area is 96.8 Å². The van der Waals surface area contributed by atoms with Gasteiger partial charge in [0, 0.05) is 6.04 Å². The van der Waals surface area contributed by atoms with Gasteiger partial charge in [-0.25, -0.2) is 4.79 Å². The van der Waals surface area contributed by atoms with E-state index in [4.69, 9.17) is 5.11 Å². The van der Waals surface area contributed by atoms with E-state index in [9.17, 15) is 19.2 Å². The molecule has 0 aromatic carbocycles. The van der Waals surface area contributed by atoms with Gasteiger partial charge in [0.15, 0.2) is 0 Å². The Kier molecular flexibility index (Phi) is 2.41. The molecule has 7 nitrogen and oxygen atoms in total. The van der Waals surface area contributed by atoms with Crippen LogP contribution in [-0.4, -0.2) is 39.9 Å². The zero-order valence-corrected chi connectivity index (χ0v) is 9.23. The zero-order chi connectivity index (χ0) is 12.8. The lowest BCUT2D eigenvalue weighted by atomic mass is 9.82. The fourth-order valence-corrected chi connectivity index (χ4v) is 1.87. The summed E-state index contributed by atoms with van der Waals surface area (Å²) < 4.78 is 0. The highest BCUT2D eigenvalue weighted by Crippen LogP contribution is 2.35. The first-order valence-electron chi connectivity index (χ1n) is 5.27. The Hall–Kier alpha value is -1.92. The zero-order valence-electron chi connectivity index (χ0n) is 9.23. The largest absolute Gasteiger partial charge is 0.481 e. The van der Waals surface area contributed by atoms with E-state index in [-0.39, 0.29) is 6.04 Å². The van der Waals surface area contributed by atoms with Crippen molar-refractivity contribution in [2.24, 2.45) is 5.41 Å². The van der Waals surface area contributed by atoms with Gasteiger partial charge in [0.05, 0.1) is 6.42 Å². The SMILES string of the molecule is CC1(CC(=O)O)C(=O)NC(=O)N(C2CC2)C1=O. The Balaban J connectivity index is 2.31. The van der Waals surface area contributed by atoms with Crippen molar-refractivity contribution < 1.29 is 24.3 Å². The number of imide groups is 2. The molecule has 92 valence electrons. The summed E-state index contributed by atoms with van der Waals surface area (Å²) in [5.41, 5.74) is -1.69. The van der Waals surface area contributed by atoms with Gasteiger partial charge in [0.2, 0.25) is 11.8 Å². The molecule has 2 rings (SSSR count). The van der Waals surface area contributed by atoms with Gasteiger partial charge in [-0.1, -0.05) is 0 Å². The molecular weight excluding hydrogens is 228 g/mol. The van der Waals surface area contributed by atoms with Crippen molar-refractivity contribution >= 4 is 23.8 Å². The maximum absolute atomic E-state index is 12.1. The van der Waals surface area contributed by atoms with Crippen LogP contribution >= 0.6 is 0 Å². The number of carbonyl (C=O) groups excluding carboxylic acids is 3. The first-order valence-corrected chi connectivity index (χ1v) is 5.27. The third kappa shape index (κ3) is 1.77. The average molecular weight is 240 g/mol. The third-order valence-corrected chi connectivity index (χ3v) is 3.05. The van der Waals surface area contributed by atoms with Gasteiger partial charge in [-0.05, 0) is 19.8 Å². The molecule has 1 atom stereocenters. The summed E-state index contributed by atoms with van der Waals surface area (Å²) in [4.78, 5) is 46.9. The van der Waals surface area contributed by atoms with Gasteiger partial charge in [-0.2, -0.15) is 0 Å². The van der Waals surface area contributed by atoms with Crippen LogP contribution < -0.4 is 5.32 Å². The molecule has 0 radical (unpaired) electrons. The van der Waals surface area contributed by atoms with E-state index in [0.29, 0.717) is 12.8 Å². The summed E-state index contributed by atoms with van der Waals surface area (Å²) in [6.07, 6.45) is 0.793. The number of hydrogen-bond donors (Lipinski definition) is 2. The summed E-state index contributed by atoms with van der Waals surface area (Å²) in [5, 5.41) is 10.8. The number of aliphatic carboxylic acids is 1. The minimum Gasteiger partial charge on any atom is -0.481 e. The molecule has 1 saturated carbocycles. The molecule has 0 bridgehead atoms. The van der Waals surface area contributed by atoms with E-state index < -0.39 is 35.7 Å². The van der Waals surface area contributed by atoms with E-state index in [1.807, 2.05) is 5.32 Å². The highest BCUT2D eigenvalue weighted by molar-refractivity contribution is 6.20. The van der Waals surface area contributed by atoms with Crippen LogP contribution in [0.2, 0.25) is 0 Å². The topological polar surface area (TPSA) is 104 Å². The van der Waals surface area contributed by atoms with E-state index in [0.717, 1.165) is 4.90 Å². The fraction of sp³-hybridized carbons (Fsp3) is 0.600. The number of carboxylic acids is 1. The number of nitrogens with one attached hydrogen (secondary N) is 1. The minimum atomic E-state index is -1.69. The van der Waals surface area contributed by atoms with Gasteiger partial charge in [-0.15, -0.1) is 0 Å². The van der Waals surface area contributed by atoms with Crippen molar-refractivity contribution in [3.63, 3.8) is 0 Å². The van der Waals surface area contributed by atoms with Crippen LogP contribution in [-0.2, 0) is 14.4 Å². The van der Waals surface area contributed by atoms with Crippen LogP contribution in [0.3, 0.4) is 0 Å². The molecule has 4 amide bonds. The van der Waals surface area contributed by atoms with Crippen LogP contribution in [0, 0.1) is 5.41 Å². The van der Waals surface area contributed by atoms with Crippen molar-refractivity contribution in [3.8, 4) is 0 Å². The Morgan fingerprint density at radius 1 is 1.47 bits per heavy atom. The summed E-state index contributed by atoms with van der Waals surface area (Å²) in [6.45, 7) is 1.25. The van der Waals surface area contributed by atoms with Gasteiger partial charge in [-0.3, -0.25) is 24.6 Å². The molecule has 0 aromatic rings. The summed E-state index contributed by atoms with van der Waals surface area (Å²) >= 11 is 0. The lowest BCUT2D eigenvalue weighted by Crippen LogP contribution is -2.63. The molecule has 1 aliphatic heterocycles. The van der Waals surface area contributed by atoms with Gasteiger partial charge >= 0.3 is 12.0 Å². The standard InChI is InChI=1S/C10H12N2O5/c1-10(4-6(13)14)7(15)11-9(17)12(8(10)16)5-2-3-5/h5H,2-4H2,1H3,(H,13,14)(H,11,15,17). The molecule has 2 aliphatic rings. The molecule has 1 unspecified atom stereocenters. The lowest BCUT2D eigenvalue weighted by Gasteiger charge is -2.36. The normalized spacial score (nSPS) is 29.2. The summed E-state index contributed by atoms with van der Waals surface area (Å²) in [6, 6.07) is -0.936. The number of rotatable bonds is 3. The third-order valence-electron chi connectivity index (χ3n) is 3.05. The number of nitrogens with zero attached hydrogens (tertiary/aromatic N) is 1. The molecular formula is C10H12N2O5. The maximum atomic E-state index is 12.1. The number of barbiturate groups is 1. The van der Waals surface area contributed by atoms with Crippen LogP contribution in [0.1, 0.15) is 26.2 Å². The van der Waals surface area contributed by atoms with Crippen molar-refractivity contribution in [3.05, 3.63) is 0 Å². The Morgan fingerprint density at radius 3 is 2.53 bits per heavy atom. The highest BCUT2D eigenvalue weighted by atomic mass is 16.4. The molecule has 2 fully saturated rings. The van der Waals surface area contributed by atoms with Crippen LogP contribution in [0.15, 0.2) is 0 Å². The monoisotopic (exact) mass is 240 g/mol. The van der Waals surface area contributed by atoms with Crippen LogP contribution in [0.4, 0.5) is 4.79 Å². The molecule has 2 N–H and O–H groups in total. The molecule has 0 aromatic heterocycles. The first kappa shape index (κ1) is 11.6. The average Bonchev–Trinajstić information content (AvgIpc) is 2.98. The van der Waals surface area contributed by atoms with Crippen molar-refractivity contribution in [2.75, 3.05) is 0 Å². The molecule has 7 heteroatoms. The lowest BCUT2D eigenvalue weighted by molar-refractivity contribution is -0.157. The van der Waals surface area contributed by atoms with Gasteiger partial charge in [0.1, 0.15) is 5.41 Å². The second-order valence-corrected chi connectivity index (χ2v) is 4.57. The van der Waals surface area contributed by atoms with Crippen molar-refractivity contribution in [1.29, 1.82) is 0 Å². The predicted molar refractivity (Wildman–Crippen MR) is 53.8 cm³/mol. The van der Waals surface area contributed by atoms with Gasteiger partial charge in [0.25, 0.3) is 0 Å². The molecule has 1 saturated heterocycles. The number of amides is 4. The van der Waals surface area contributed by atoms with Crippen molar-refractivity contribution in [1.82, 2.24) is 10.2 Å². The Bertz CT molecular complexity index is 428. The maximum Gasteiger partial charge on any atom is 0.331 e. The second-order valence-electron chi connectivity index (χ2n) is 4.57. The van der Waals surface area contributed by atoms with Crippen LogP contribution in [0.25, 0.3) is 0 Å². The fourth-order valence-electron chi connectivity index (χ4n) is 1.87. The van der Waals surface area contributed by atoms with Gasteiger partial charge < -0.3 is 5.11 Å². The molecule has 1 heterocycles. The highest BCUT2D eigenvalue weighted by Gasteiger charge is 2.54. The summed E-state index contributed by atoms with van der Waals surface area (Å²) in [7, 11) is 0. The van der Waals surface area contributed by atoms with E-state index in [2.05, 4.69) is 0 Å².